The Morgan fingerprint density at radius 1 is 0.947 bits per heavy atom. The average molecular weight is 287 g/mol. The quantitative estimate of drug-likeness (QED) is 0.671. The van der Waals surface area contributed by atoms with Crippen molar-refractivity contribution in [1.82, 2.24) is 5.43 Å². The van der Waals surface area contributed by atoms with Crippen LogP contribution < -0.4 is 11.3 Å². The van der Waals surface area contributed by atoms with Gasteiger partial charge in [-0.25, -0.2) is 18.6 Å². The van der Waals surface area contributed by atoms with E-state index in [1.54, 1.807) is 0 Å². The molecule has 1 atom stereocenters. The fourth-order valence-electron chi connectivity index (χ4n) is 1.82. The maximum atomic E-state index is 13.4. The summed E-state index contributed by atoms with van der Waals surface area (Å²) in [7, 11) is 0. The van der Waals surface area contributed by atoms with E-state index in [2.05, 4.69) is 5.43 Å². The van der Waals surface area contributed by atoms with Crippen LogP contribution in [0.2, 0.25) is 5.02 Å². The lowest BCUT2D eigenvalue weighted by molar-refractivity contribution is 0.564. The second-order valence-corrected chi connectivity index (χ2v) is 4.38. The molecule has 2 aromatic rings. The van der Waals surface area contributed by atoms with Crippen LogP contribution in [-0.4, -0.2) is 0 Å². The van der Waals surface area contributed by atoms with Crippen molar-refractivity contribution in [2.45, 2.75) is 6.04 Å². The Morgan fingerprint density at radius 2 is 1.58 bits per heavy atom. The first-order valence-electron chi connectivity index (χ1n) is 5.38. The summed E-state index contributed by atoms with van der Waals surface area (Å²) in [5.41, 5.74) is 3.06. The summed E-state index contributed by atoms with van der Waals surface area (Å²) in [6.07, 6.45) is 0. The van der Waals surface area contributed by atoms with E-state index < -0.39 is 23.5 Å². The van der Waals surface area contributed by atoms with Gasteiger partial charge < -0.3 is 0 Å². The third kappa shape index (κ3) is 3.07. The van der Waals surface area contributed by atoms with E-state index in [-0.39, 0.29) is 10.6 Å². The van der Waals surface area contributed by atoms with E-state index in [4.69, 9.17) is 17.4 Å². The molecular weight excluding hydrogens is 277 g/mol. The van der Waals surface area contributed by atoms with Gasteiger partial charge in [-0.15, -0.1) is 0 Å². The number of hydrogen-bond donors (Lipinski definition) is 2. The molecule has 2 rings (SSSR count). The zero-order valence-electron chi connectivity index (χ0n) is 9.63. The molecule has 0 heterocycles. The van der Waals surface area contributed by atoms with Crippen LogP contribution in [0, 0.1) is 17.5 Å². The molecule has 19 heavy (non-hydrogen) atoms. The lowest BCUT2D eigenvalue weighted by atomic mass is 9.99. The smallest absolute Gasteiger partial charge is 0.142 e. The van der Waals surface area contributed by atoms with E-state index in [0.29, 0.717) is 5.56 Å². The Morgan fingerprint density at radius 3 is 2.11 bits per heavy atom. The number of hydrazine groups is 1. The molecule has 0 aliphatic rings. The van der Waals surface area contributed by atoms with Crippen LogP contribution in [0.25, 0.3) is 0 Å². The van der Waals surface area contributed by atoms with E-state index in [9.17, 15) is 13.2 Å². The van der Waals surface area contributed by atoms with Crippen LogP contribution in [0.4, 0.5) is 13.2 Å². The highest BCUT2D eigenvalue weighted by atomic mass is 35.5. The summed E-state index contributed by atoms with van der Waals surface area (Å²) >= 11 is 5.58. The molecule has 100 valence electrons. The zero-order valence-corrected chi connectivity index (χ0v) is 10.4. The molecule has 0 bridgehead atoms. The fraction of sp³-hybridized carbons (Fsp3) is 0.0769. The van der Waals surface area contributed by atoms with Crippen LogP contribution in [0.1, 0.15) is 17.2 Å². The van der Waals surface area contributed by atoms with Gasteiger partial charge in [0.05, 0.1) is 11.1 Å². The molecule has 2 nitrogen and oxygen atoms in total. The maximum Gasteiger partial charge on any atom is 0.142 e. The molecule has 3 N–H and O–H groups in total. The Labute approximate surface area is 113 Å². The SMILES string of the molecule is NNC(c1cc(F)cc(F)c1)c1ccc(Cl)c(F)c1. The van der Waals surface area contributed by atoms with Crippen molar-refractivity contribution < 1.29 is 13.2 Å². The highest BCUT2D eigenvalue weighted by Crippen LogP contribution is 2.26. The lowest BCUT2D eigenvalue weighted by Crippen LogP contribution is -2.29. The second kappa shape index (κ2) is 5.61. The predicted molar refractivity (Wildman–Crippen MR) is 66.9 cm³/mol. The molecule has 0 fully saturated rings. The normalized spacial score (nSPS) is 12.5. The zero-order chi connectivity index (χ0) is 14.0. The molecule has 0 aromatic heterocycles. The van der Waals surface area contributed by atoms with Gasteiger partial charge in [0.1, 0.15) is 17.5 Å². The summed E-state index contributed by atoms with van der Waals surface area (Å²) < 4.78 is 39.8. The molecule has 0 saturated heterocycles. The van der Waals surface area contributed by atoms with Gasteiger partial charge in [-0.05, 0) is 35.4 Å². The highest BCUT2D eigenvalue weighted by Gasteiger charge is 2.16. The van der Waals surface area contributed by atoms with Gasteiger partial charge in [0, 0.05) is 6.07 Å². The van der Waals surface area contributed by atoms with Gasteiger partial charge in [-0.3, -0.25) is 5.84 Å². The van der Waals surface area contributed by atoms with Crippen LogP contribution >= 0.6 is 11.6 Å². The Hall–Kier alpha value is -1.56. The molecule has 0 amide bonds. The van der Waals surface area contributed by atoms with E-state index in [1.165, 1.54) is 12.1 Å². The summed E-state index contributed by atoms with van der Waals surface area (Å²) in [4.78, 5) is 0. The minimum absolute atomic E-state index is 0.0371. The first-order chi connectivity index (χ1) is 9.01. The molecular formula is C13H10ClF3N2. The molecule has 0 aliphatic heterocycles. The number of hydrogen-bond acceptors (Lipinski definition) is 2. The van der Waals surface area contributed by atoms with Gasteiger partial charge in [-0.2, -0.15) is 0 Å². The summed E-state index contributed by atoms with van der Waals surface area (Å²) in [5, 5.41) is -0.0371. The van der Waals surface area contributed by atoms with Crippen molar-refractivity contribution in [1.29, 1.82) is 0 Å². The second-order valence-electron chi connectivity index (χ2n) is 3.98. The maximum absolute atomic E-state index is 13.4. The van der Waals surface area contributed by atoms with Crippen molar-refractivity contribution in [3.8, 4) is 0 Å². The van der Waals surface area contributed by atoms with Crippen molar-refractivity contribution in [2.75, 3.05) is 0 Å². The Balaban J connectivity index is 2.46. The first-order valence-corrected chi connectivity index (χ1v) is 5.76. The van der Waals surface area contributed by atoms with Crippen molar-refractivity contribution in [2.24, 2.45) is 5.84 Å². The summed E-state index contributed by atoms with van der Waals surface area (Å²) in [5.74, 6) is 3.28. The largest absolute Gasteiger partial charge is 0.271 e. The van der Waals surface area contributed by atoms with Gasteiger partial charge in [0.25, 0.3) is 0 Å². The predicted octanol–water partition coefficient (Wildman–Crippen LogP) is 3.31. The number of nitrogens with two attached hydrogens (primary N) is 1. The Kier molecular flexibility index (Phi) is 4.09. The topological polar surface area (TPSA) is 38.0 Å². The average Bonchev–Trinajstić information content (AvgIpc) is 2.33. The highest BCUT2D eigenvalue weighted by molar-refractivity contribution is 6.30. The van der Waals surface area contributed by atoms with Gasteiger partial charge >= 0.3 is 0 Å². The van der Waals surface area contributed by atoms with Crippen molar-refractivity contribution >= 4 is 11.6 Å². The molecule has 1 unspecified atom stereocenters. The third-order valence-electron chi connectivity index (χ3n) is 2.66. The molecule has 0 saturated carbocycles. The number of nitrogens with one attached hydrogen (secondary N) is 1. The minimum Gasteiger partial charge on any atom is -0.271 e. The van der Waals surface area contributed by atoms with Gasteiger partial charge in [0.2, 0.25) is 0 Å². The van der Waals surface area contributed by atoms with Crippen LogP contribution in [-0.2, 0) is 0 Å². The van der Waals surface area contributed by atoms with Crippen LogP contribution in [0.5, 0.6) is 0 Å². The lowest BCUT2D eigenvalue weighted by Gasteiger charge is -2.17. The van der Waals surface area contributed by atoms with E-state index in [1.807, 2.05) is 0 Å². The van der Waals surface area contributed by atoms with Gasteiger partial charge in [-0.1, -0.05) is 17.7 Å². The molecule has 0 radical (unpaired) electrons. The molecule has 0 aliphatic carbocycles. The standard InChI is InChI=1S/C13H10ClF3N2/c14-11-2-1-7(5-12(11)17)13(19-18)8-3-9(15)6-10(16)4-8/h1-6,13,19H,18H2. The monoisotopic (exact) mass is 286 g/mol. The molecule has 6 heteroatoms. The summed E-state index contributed by atoms with van der Waals surface area (Å²) in [6, 6.07) is 6.30. The molecule has 2 aromatic carbocycles. The summed E-state index contributed by atoms with van der Waals surface area (Å²) in [6.45, 7) is 0. The fourth-order valence-corrected chi connectivity index (χ4v) is 1.94. The van der Waals surface area contributed by atoms with Crippen LogP contribution in [0.15, 0.2) is 36.4 Å². The third-order valence-corrected chi connectivity index (χ3v) is 2.97. The van der Waals surface area contributed by atoms with Crippen molar-refractivity contribution in [3.05, 3.63) is 70.0 Å². The Bertz CT molecular complexity index is 584. The van der Waals surface area contributed by atoms with Gasteiger partial charge in [0.15, 0.2) is 0 Å². The minimum atomic E-state index is -0.739. The number of benzene rings is 2. The van der Waals surface area contributed by atoms with Crippen LogP contribution in [0.3, 0.4) is 0 Å². The van der Waals surface area contributed by atoms with E-state index >= 15 is 0 Å². The van der Waals surface area contributed by atoms with E-state index in [0.717, 1.165) is 24.3 Å². The number of halogens is 4. The first kappa shape index (κ1) is 13.9. The van der Waals surface area contributed by atoms with Crippen molar-refractivity contribution in [3.63, 3.8) is 0 Å². The number of rotatable bonds is 3. The molecule has 0 spiro atoms.